The molecule has 0 aliphatic rings. The monoisotopic (exact) mass is 351 g/mol. The van der Waals surface area contributed by atoms with Gasteiger partial charge in [0.2, 0.25) is 0 Å². The molecule has 0 saturated heterocycles. The van der Waals surface area contributed by atoms with Crippen molar-refractivity contribution in [3.63, 3.8) is 0 Å². The predicted octanol–water partition coefficient (Wildman–Crippen LogP) is 2.92. The molecule has 0 atom stereocenters. The van der Waals surface area contributed by atoms with Crippen LogP contribution in [0.15, 0.2) is 72.0 Å². The van der Waals surface area contributed by atoms with Crippen molar-refractivity contribution in [2.75, 3.05) is 13.6 Å². The Morgan fingerprint density at radius 3 is 2.62 bits per heavy atom. The molecule has 0 spiro atoms. The molecule has 0 saturated carbocycles. The Bertz CT molecular complexity index is 841. The number of benzene rings is 2. The van der Waals surface area contributed by atoms with Crippen LogP contribution in [0.3, 0.4) is 0 Å². The second kappa shape index (κ2) is 8.80. The maximum atomic E-state index is 13.2. The van der Waals surface area contributed by atoms with Crippen LogP contribution in [0.2, 0.25) is 0 Å². The van der Waals surface area contributed by atoms with E-state index in [0.29, 0.717) is 12.5 Å². The Hall–Kier alpha value is -3.15. The Morgan fingerprint density at radius 1 is 1.08 bits per heavy atom. The van der Waals surface area contributed by atoms with Crippen LogP contribution in [0.1, 0.15) is 11.1 Å². The number of aliphatic imine (C=N–C) groups is 1. The van der Waals surface area contributed by atoms with E-state index in [0.717, 1.165) is 24.2 Å². The van der Waals surface area contributed by atoms with Crippen LogP contribution in [0.4, 0.5) is 4.39 Å². The van der Waals surface area contributed by atoms with E-state index in [-0.39, 0.29) is 5.82 Å². The van der Waals surface area contributed by atoms with Crippen LogP contribution in [0.25, 0.3) is 5.69 Å². The third-order valence-corrected chi connectivity index (χ3v) is 3.98. The molecule has 1 heterocycles. The summed E-state index contributed by atoms with van der Waals surface area (Å²) in [4.78, 5) is 4.19. The van der Waals surface area contributed by atoms with Crippen molar-refractivity contribution in [1.82, 2.24) is 20.4 Å². The van der Waals surface area contributed by atoms with Gasteiger partial charge >= 0.3 is 0 Å². The van der Waals surface area contributed by atoms with E-state index in [4.69, 9.17) is 0 Å². The maximum Gasteiger partial charge on any atom is 0.191 e. The fourth-order valence-corrected chi connectivity index (χ4v) is 2.62. The number of halogens is 1. The molecule has 134 valence electrons. The zero-order valence-corrected chi connectivity index (χ0v) is 14.7. The Morgan fingerprint density at radius 2 is 1.92 bits per heavy atom. The molecule has 1 aromatic heterocycles. The van der Waals surface area contributed by atoms with Gasteiger partial charge < -0.3 is 10.6 Å². The van der Waals surface area contributed by atoms with Crippen molar-refractivity contribution in [2.24, 2.45) is 4.99 Å². The summed E-state index contributed by atoms with van der Waals surface area (Å²) in [6, 6.07) is 16.7. The topological polar surface area (TPSA) is 54.2 Å². The van der Waals surface area contributed by atoms with Gasteiger partial charge in [0.1, 0.15) is 5.82 Å². The second-order valence-corrected chi connectivity index (χ2v) is 5.85. The minimum atomic E-state index is -0.231. The van der Waals surface area contributed by atoms with E-state index < -0.39 is 0 Å². The first-order valence-corrected chi connectivity index (χ1v) is 8.52. The first kappa shape index (κ1) is 17.7. The first-order valence-electron chi connectivity index (χ1n) is 8.52. The SMILES string of the molecule is CN=C(NCCc1ccc(-n2cccn2)cc1)NCc1cccc(F)c1. The van der Waals surface area contributed by atoms with Gasteiger partial charge in [0.05, 0.1) is 5.69 Å². The number of guanidine groups is 1. The van der Waals surface area contributed by atoms with Crippen molar-refractivity contribution < 1.29 is 4.39 Å². The molecule has 0 radical (unpaired) electrons. The van der Waals surface area contributed by atoms with Gasteiger partial charge in [0.25, 0.3) is 0 Å². The highest BCUT2D eigenvalue weighted by atomic mass is 19.1. The summed E-state index contributed by atoms with van der Waals surface area (Å²) in [7, 11) is 1.72. The molecular formula is C20H22FN5. The summed E-state index contributed by atoms with van der Waals surface area (Å²) in [5, 5.41) is 10.7. The summed E-state index contributed by atoms with van der Waals surface area (Å²) >= 11 is 0. The molecule has 3 rings (SSSR count). The summed E-state index contributed by atoms with van der Waals surface area (Å²) in [6.07, 6.45) is 4.56. The molecule has 0 amide bonds. The van der Waals surface area contributed by atoms with Gasteiger partial charge in [0, 0.05) is 32.5 Å². The fraction of sp³-hybridized carbons (Fsp3) is 0.200. The number of hydrogen-bond acceptors (Lipinski definition) is 2. The summed E-state index contributed by atoms with van der Waals surface area (Å²) < 4.78 is 15.0. The van der Waals surface area contributed by atoms with Crippen molar-refractivity contribution in [2.45, 2.75) is 13.0 Å². The minimum Gasteiger partial charge on any atom is -0.356 e. The van der Waals surface area contributed by atoms with Crippen LogP contribution in [-0.4, -0.2) is 29.3 Å². The molecule has 5 nitrogen and oxygen atoms in total. The van der Waals surface area contributed by atoms with E-state index in [1.54, 1.807) is 19.3 Å². The van der Waals surface area contributed by atoms with Gasteiger partial charge in [-0.15, -0.1) is 0 Å². The molecule has 2 aromatic carbocycles. The highest BCUT2D eigenvalue weighted by molar-refractivity contribution is 5.79. The molecular weight excluding hydrogens is 329 g/mol. The van der Waals surface area contributed by atoms with Gasteiger partial charge in [-0.3, -0.25) is 4.99 Å². The van der Waals surface area contributed by atoms with Crippen LogP contribution >= 0.6 is 0 Å². The van der Waals surface area contributed by atoms with Gasteiger partial charge in [-0.25, -0.2) is 9.07 Å². The number of nitrogens with zero attached hydrogens (tertiary/aromatic N) is 3. The largest absolute Gasteiger partial charge is 0.356 e. The number of nitrogens with one attached hydrogen (secondary N) is 2. The van der Waals surface area contributed by atoms with Gasteiger partial charge in [-0.05, 0) is 47.9 Å². The minimum absolute atomic E-state index is 0.231. The van der Waals surface area contributed by atoms with E-state index in [1.165, 1.54) is 17.7 Å². The summed E-state index contributed by atoms with van der Waals surface area (Å²) in [5.41, 5.74) is 3.15. The first-order chi connectivity index (χ1) is 12.7. The quantitative estimate of drug-likeness (QED) is 0.530. The molecule has 0 aliphatic carbocycles. The van der Waals surface area contributed by atoms with Gasteiger partial charge in [-0.1, -0.05) is 24.3 Å². The molecule has 0 bridgehead atoms. The smallest absolute Gasteiger partial charge is 0.191 e. The molecule has 0 aliphatic heterocycles. The third-order valence-electron chi connectivity index (χ3n) is 3.98. The van der Waals surface area contributed by atoms with Crippen LogP contribution in [0.5, 0.6) is 0 Å². The normalized spacial score (nSPS) is 11.4. The van der Waals surface area contributed by atoms with Crippen molar-refractivity contribution in [3.05, 3.63) is 83.9 Å². The van der Waals surface area contributed by atoms with Crippen LogP contribution in [0, 0.1) is 5.82 Å². The van der Waals surface area contributed by atoms with E-state index in [9.17, 15) is 4.39 Å². The second-order valence-electron chi connectivity index (χ2n) is 5.85. The summed E-state index contributed by atoms with van der Waals surface area (Å²) in [6.45, 7) is 1.28. The average Bonchev–Trinajstić information content (AvgIpc) is 3.20. The summed E-state index contributed by atoms with van der Waals surface area (Å²) in [5.74, 6) is 0.466. The van der Waals surface area contributed by atoms with Crippen molar-refractivity contribution in [1.29, 1.82) is 0 Å². The molecule has 0 fully saturated rings. The van der Waals surface area contributed by atoms with Gasteiger partial charge in [-0.2, -0.15) is 5.10 Å². The maximum absolute atomic E-state index is 13.2. The van der Waals surface area contributed by atoms with Crippen LogP contribution in [-0.2, 0) is 13.0 Å². The zero-order valence-electron chi connectivity index (χ0n) is 14.7. The van der Waals surface area contributed by atoms with E-state index in [1.807, 2.05) is 23.0 Å². The Labute approximate surface area is 152 Å². The fourth-order valence-electron chi connectivity index (χ4n) is 2.62. The molecule has 6 heteroatoms. The zero-order chi connectivity index (χ0) is 18.2. The lowest BCUT2D eigenvalue weighted by atomic mass is 10.1. The lowest BCUT2D eigenvalue weighted by molar-refractivity contribution is 0.624. The predicted molar refractivity (Wildman–Crippen MR) is 102 cm³/mol. The number of rotatable bonds is 6. The van der Waals surface area contributed by atoms with Crippen LogP contribution < -0.4 is 10.6 Å². The molecule has 26 heavy (non-hydrogen) atoms. The van der Waals surface area contributed by atoms with Crippen molar-refractivity contribution >= 4 is 5.96 Å². The Kier molecular flexibility index (Phi) is 5.98. The highest BCUT2D eigenvalue weighted by Crippen LogP contribution is 2.09. The Balaban J connectivity index is 1.45. The number of aromatic nitrogens is 2. The lowest BCUT2D eigenvalue weighted by Crippen LogP contribution is -2.37. The average molecular weight is 351 g/mol. The van der Waals surface area contributed by atoms with Gasteiger partial charge in [0.15, 0.2) is 5.96 Å². The standard InChI is InChI=1S/C20H22FN5/c1-22-20(24-15-17-4-2-5-18(21)14-17)23-12-10-16-6-8-19(9-7-16)26-13-3-11-25-26/h2-9,11,13-14H,10,12,15H2,1H3,(H2,22,23,24). The van der Waals surface area contributed by atoms with Crippen molar-refractivity contribution in [3.8, 4) is 5.69 Å². The van der Waals surface area contributed by atoms with E-state index >= 15 is 0 Å². The third kappa shape index (κ3) is 4.92. The lowest BCUT2D eigenvalue weighted by Gasteiger charge is -2.12. The highest BCUT2D eigenvalue weighted by Gasteiger charge is 2.01. The molecule has 2 N–H and O–H groups in total. The molecule has 3 aromatic rings. The number of hydrogen-bond donors (Lipinski definition) is 2. The molecule has 0 unspecified atom stereocenters. The van der Waals surface area contributed by atoms with E-state index in [2.05, 4.69) is 45.0 Å².